The Morgan fingerprint density at radius 3 is 2.24 bits per heavy atom. The van der Waals surface area contributed by atoms with Crippen LogP contribution in [-0.4, -0.2) is 40.0 Å². The third-order valence-electron chi connectivity index (χ3n) is 4.51. The minimum atomic E-state index is -0.468. The standard InChI is InChI=1S/C20H32N2O2S/c1-19(2,3)16-11-12-22(13-17(16)23)18(24)21-14-7-9-15(10-8-14)25-20(4,5)6/h7-10,16-17,23H,11-13H2,1-6H3,(H,21,24)/t16-,17-/m1/s1. The molecule has 1 heterocycles. The highest BCUT2D eigenvalue weighted by Crippen LogP contribution is 2.35. The van der Waals surface area contributed by atoms with Crippen molar-refractivity contribution in [3.63, 3.8) is 0 Å². The maximum absolute atomic E-state index is 12.5. The molecule has 0 radical (unpaired) electrons. The lowest BCUT2D eigenvalue weighted by Gasteiger charge is -2.42. The first kappa shape index (κ1) is 20.1. The molecule has 2 amide bonds. The molecule has 140 valence electrons. The number of likely N-dealkylation sites (tertiary alicyclic amines) is 1. The second-order valence-corrected chi connectivity index (χ2v) is 10.8. The van der Waals surface area contributed by atoms with Crippen LogP contribution in [0.25, 0.3) is 0 Å². The van der Waals surface area contributed by atoms with Crippen molar-refractivity contribution in [3.8, 4) is 0 Å². The number of anilines is 1. The van der Waals surface area contributed by atoms with Gasteiger partial charge in [-0.1, -0.05) is 41.5 Å². The van der Waals surface area contributed by atoms with E-state index in [4.69, 9.17) is 0 Å². The van der Waals surface area contributed by atoms with E-state index in [-0.39, 0.29) is 22.1 Å². The molecule has 25 heavy (non-hydrogen) atoms. The van der Waals surface area contributed by atoms with Crippen LogP contribution in [0.2, 0.25) is 0 Å². The highest BCUT2D eigenvalue weighted by Gasteiger charge is 2.37. The molecule has 2 rings (SSSR count). The smallest absolute Gasteiger partial charge is 0.321 e. The fourth-order valence-electron chi connectivity index (χ4n) is 3.29. The van der Waals surface area contributed by atoms with Crippen LogP contribution in [0.15, 0.2) is 29.2 Å². The van der Waals surface area contributed by atoms with Crippen LogP contribution in [0, 0.1) is 11.3 Å². The topological polar surface area (TPSA) is 52.6 Å². The molecule has 0 bridgehead atoms. The van der Waals surface area contributed by atoms with Crippen molar-refractivity contribution in [3.05, 3.63) is 24.3 Å². The fourth-order valence-corrected chi connectivity index (χ4v) is 4.27. The van der Waals surface area contributed by atoms with Gasteiger partial charge in [0.05, 0.1) is 6.10 Å². The number of aliphatic hydroxyl groups excluding tert-OH is 1. The fraction of sp³-hybridized carbons (Fsp3) is 0.650. The van der Waals surface area contributed by atoms with Gasteiger partial charge in [-0.25, -0.2) is 4.79 Å². The molecule has 0 aromatic heterocycles. The number of carbonyl (C=O) groups is 1. The summed E-state index contributed by atoms with van der Waals surface area (Å²) in [5.74, 6) is 0.227. The van der Waals surface area contributed by atoms with Gasteiger partial charge < -0.3 is 15.3 Å². The molecule has 1 aromatic rings. The number of β-amino-alcohol motifs (C(OH)–C–C–N with tert-alkyl or cyclic N) is 1. The summed E-state index contributed by atoms with van der Waals surface area (Å²) in [6.45, 7) is 14.1. The lowest BCUT2D eigenvalue weighted by atomic mass is 9.74. The summed E-state index contributed by atoms with van der Waals surface area (Å²) in [5.41, 5.74) is 0.846. The van der Waals surface area contributed by atoms with Gasteiger partial charge in [-0.15, -0.1) is 11.8 Å². The molecular formula is C20H32N2O2S. The summed E-state index contributed by atoms with van der Waals surface area (Å²) in [5, 5.41) is 13.4. The maximum Gasteiger partial charge on any atom is 0.321 e. The van der Waals surface area contributed by atoms with Gasteiger partial charge >= 0.3 is 6.03 Å². The van der Waals surface area contributed by atoms with E-state index in [0.29, 0.717) is 13.1 Å². The molecule has 1 aliphatic heterocycles. The second kappa shape index (κ2) is 7.58. The van der Waals surface area contributed by atoms with E-state index in [1.165, 1.54) is 4.90 Å². The Kier molecular flexibility index (Phi) is 6.10. The number of aliphatic hydroxyl groups is 1. The van der Waals surface area contributed by atoms with Crippen molar-refractivity contribution in [1.82, 2.24) is 4.90 Å². The first-order valence-electron chi connectivity index (χ1n) is 8.99. The van der Waals surface area contributed by atoms with Gasteiger partial charge in [-0.2, -0.15) is 0 Å². The molecule has 0 spiro atoms. The van der Waals surface area contributed by atoms with Crippen LogP contribution in [0.1, 0.15) is 48.0 Å². The van der Waals surface area contributed by atoms with E-state index in [1.54, 1.807) is 16.7 Å². The van der Waals surface area contributed by atoms with Gasteiger partial charge in [0.25, 0.3) is 0 Å². The number of urea groups is 1. The van der Waals surface area contributed by atoms with Gasteiger partial charge in [0.15, 0.2) is 0 Å². The van der Waals surface area contributed by atoms with Gasteiger partial charge in [0.2, 0.25) is 0 Å². The summed E-state index contributed by atoms with van der Waals surface area (Å²) < 4.78 is 0.165. The first-order chi connectivity index (χ1) is 11.5. The number of piperidine rings is 1. The summed E-state index contributed by atoms with van der Waals surface area (Å²) >= 11 is 1.80. The van der Waals surface area contributed by atoms with E-state index >= 15 is 0 Å². The van der Waals surface area contributed by atoms with Gasteiger partial charge in [-0.3, -0.25) is 0 Å². The summed E-state index contributed by atoms with van der Waals surface area (Å²) in [6.07, 6.45) is 0.365. The molecule has 2 atom stereocenters. The van der Waals surface area contributed by atoms with E-state index in [1.807, 2.05) is 24.3 Å². The second-order valence-electron chi connectivity index (χ2n) is 8.94. The Balaban J connectivity index is 1.92. The molecule has 1 fully saturated rings. The van der Waals surface area contributed by atoms with Crippen molar-refractivity contribution in [2.24, 2.45) is 11.3 Å². The Bertz CT molecular complexity index is 587. The molecule has 2 N–H and O–H groups in total. The molecule has 5 heteroatoms. The molecule has 0 unspecified atom stereocenters. The van der Waals surface area contributed by atoms with E-state index in [0.717, 1.165) is 12.1 Å². The van der Waals surface area contributed by atoms with Crippen molar-refractivity contribution < 1.29 is 9.90 Å². The molecule has 0 aliphatic carbocycles. The Hall–Kier alpha value is -1.20. The molecular weight excluding hydrogens is 332 g/mol. The highest BCUT2D eigenvalue weighted by molar-refractivity contribution is 8.00. The average Bonchev–Trinajstić information content (AvgIpc) is 2.46. The number of hydrogen-bond donors (Lipinski definition) is 2. The summed E-state index contributed by atoms with van der Waals surface area (Å²) in [4.78, 5) is 15.4. The Labute approximate surface area is 156 Å². The third kappa shape index (κ3) is 5.93. The number of thioether (sulfide) groups is 1. The van der Waals surface area contributed by atoms with Crippen LogP contribution < -0.4 is 5.32 Å². The van der Waals surface area contributed by atoms with Crippen LogP contribution in [0.3, 0.4) is 0 Å². The number of nitrogens with zero attached hydrogens (tertiary/aromatic N) is 1. The van der Waals surface area contributed by atoms with E-state index in [2.05, 4.69) is 46.9 Å². The predicted molar refractivity (Wildman–Crippen MR) is 106 cm³/mol. The average molecular weight is 365 g/mol. The molecule has 1 aromatic carbocycles. The number of rotatable bonds is 2. The predicted octanol–water partition coefficient (Wildman–Crippen LogP) is 4.84. The first-order valence-corrected chi connectivity index (χ1v) is 9.80. The molecule has 1 saturated heterocycles. The lowest BCUT2D eigenvalue weighted by molar-refractivity contribution is -0.0107. The zero-order chi connectivity index (χ0) is 18.8. The van der Waals surface area contributed by atoms with Crippen molar-refractivity contribution in [2.45, 2.75) is 63.7 Å². The maximum atomic E-state index is 12.5. The zero-order valence-electron chi connectivity index (χ0n) is 16.3. The van der Waals surface area contributed by atoms with Crippen molar-refractivity contribution in [1.29, 1.82) is 0 Å². The van der Waals surface area contributed by atoms with Gasteiger partial charge in [-0.05, 0) is 42.0 Å². The lowest BCUT2D eigenvalue weighted by Crippen LogP contribution is -2.51. The van der Waals surface area contributed by atoms with Crippen LogP contribution in [-0.2, 0) is 0 Å². The Morgan fingerprint density at radius 2 is 1.76 bits per heavy atom. The normalized spacial score (nSPS) is 22.0. The zero-order valence-corrected chi connectivity index (χ0v) is 17.1. The summed E-state index contributed by atoms with van der Waals surface area (Å²) in [6, 6.07) is 7.80. The van der Waals surface area contributed by atoms with Gasteiger partial charge in [0, 0.05) is 28.4 Å². The van der Waals surface area contributed by atoms with Crippen LogP contribution >= 0.6 is 11.8 Å². The quantitative estimate of drug-likeness (QED) is 0.739. The third-order valence-corrected chi connectivity index (χ3v) is 5.63. The van der Waals surface area contributed by atoms with E-state index < -0.39 is 6.10 Å². The highest BCUT2D eigenvalue weighted by atomic mass is 32.2. The largest absolute Gasteiger partial charge is 0.391 e. The van der Waals surface area contributed by atoms with Crippen molar-refractivity contribution >= 4 is 23.5 Å². The van der Waals surface area contributed by atoms with Crippen LogP contribution in [0.4, 0.5) is 10.5 Å². The van der Waals surface area contributed by atoms with Gasteiger partial charge in [0.1, 0.15) is 0 Å². The van der Waals surface area contributed by atoms with Crippen LogP contribution in [0.5, 0.6) is 0 Å². The van der Waals surface area contributed by atoms with E-state index in [9.17, 15) is 9.90 Å². The monoisotopic (exact) mass is 364 g/mol. The molecule has 4 nitrogen and oxygen atoms in total. The molecule has 1 aliphatic rings. The number of hydrogen-bond acceptors (Lipinski definition) is 3. The minimum absolute atomic E-state index is 0.0581. The summed E-state index contributed by atoms with van der Waals surface area (Å²) in [7, 11) is 0. The SMILES string of the molecule is CC(C)(C)Sc1ccc(NC(=O)N2CC[C@@H](C(C)(C)C)[C@H](O)C2)cc1. The number of carbonyl (C=O) groups excluding carboxylic acids is 1. The minimum Gasteiger partial charge on any atom is -0.391 e. The molecule has 0 saturated carbocycles. The van der Waals surface area contributed by atoms with Crippen molar-refractivity contribution in [2.75, 3.05) is 18.4 Å². The number of amides is 2. The number of nitrogens with one attached hydrogen (secondary N) is 1. The number of benzene rings is 1. The Morgan fingerprint density at radius 1 is 1.16 bits per heavy atom.